The second-order valence-corrected chi connectivity index (χ2v) is 5.84. The molecule has 3 rings (SSSR count). The van der Waals surface area contributed by atoms with Crippen molar-refractivity contribution in [3.63, 3.8) is 0 Å². The summed E-state index contributed by atoms with van der Waals surface area (Å²) in [5.74, 6) is 0.0972. The zero-order chi connectivity index (χ0) is 15.5. The normalized spacial score (nSPS) is 13.8. The molecule has 1 aliphatic heterocycles. The van der Waals surface area contributed by atoms with Crippen molar-refractivity contribution in [3.05, 3.63) is 58.9 Å². The summed E-state index contributed by atoms with van der Waals surface area (Å²) in [6, 6.07) is 9.52. The second-order valence-electron chi connectivity index (χ2n) is 5.84. The van der Waals surface area contributed by atoms with Gasteiger partial charge in [-0.25, -0.2) is 0 Å². The van der Waals surface area contributed by atoms with Crippen LogP contribution in [-0.4, -0.2) is 28.1 Å². The number of nitrogens with zero attached hydrogens (tertiary/aromatic N) is 1. The number of nitrogens with one attached hydrogen (secondary N) is 1. The van der Waals surface area contributed by atoms with E-state index in [4.69, 9.17) is 0 Å². The Morgan fingerprint density at radius 3 is 2.68 bits per heavy atom. The third-order valence-corrected chi connectivity index (χ3v) is 4.21. The zero-order valence-electron chi connectivity index (χ0n) is 12.8. The van der Waals surface area contributed by atoms with Crippen LogP contribution in [0.15, 0.2) is 36.5 Å². The second kappa shape index (κ2) is 6.18. The van der Waals surface area contributed by atoms with Gasteiger partial charge in [0.1, 0.15) is 0 Å². The van der Waals surface area contributed by atoms with E-state index < -0.39 is 0 Å². The number of hydrogen-bond acceptors (Lipinski definition) is 2. The van der Waals surface area contributed by atoms with Gasteiger partial charge in [-0.2, -0.15) is 0 Å². The smallest absolute Gasteiger partial charge is 0.223 e. The minimum atomic E-state index is 0.0349. The molecule has 1 aliphatic rings. The van der Waals surface area contributed by atoms with E-state index in [-0.39, 0.29) is 24.5 Å². The van der Waals surface area contributed by atoms with Gasteiger partial charge < -0.3 is 9.88 Å². The molecule has 0 aliphatic carbocycles. The molecular weight excluding hydrogens is 276 g/mol. The summed E-state index contributed by atoms with van der Waals surface area (Å²) in [7, 11) is 0. The van der Waals surface area contributed by atoms with Crippen molar-refractivity contribution in [1.29, 1.82) is 0 Å². The first-order valence-corrected chi connectivity index (χ1v) is 7.66. The summed E-state index contributed by atoms with van der Waals surface area (Å²) in [5.41, 5.74) is 4.22. The van der Waals surface area contributed by atoms with Crippen LogP contribution in [0.4, 0.5) is 0 Å². The number of H-pyrrole nitrogens is 1. The van der Waals surface area contributed by atoms with E-state index in [0.29, 0.717) is 12.1 Å². The Kier molecular flexibility index (Phi) is 4.09. The van der Waals surface area contributed by atoms with Crippen LogP contribution in [0, 0.1) is 6.92 Å². The van der Waals surface area contributed by atoms with Crippen LogP contribution in [-0.2, 0) is 17.8 Å². The van der Waals surface area contributed by atoms with Crippen LogP contribution in [0.25, 0.3) is 0 Å². The summed E-state index contributed by atoms with van der Waals surface area (Å²) < 4.78 is 0. The van der Waals surface area contributed by atoms with Gasteiger partial charge in [-0.1, -0.05) is 29.8 Å². The molecule has 0 spiro atoms. The topological polar surface area (TPSA) is 53.2 Å². The van der Waals surface area contributed by atoms with Gasteiger partial charge >= 0.3 is 0 Å². The highest BCUT2D eigenvalue weighted by Crippen LogP contribution is 2.18. The molecule has 1 N–H and O–H groups in total. The van der Waals surface area contributed by atoms with Gasteiger partial charge in [-0.15, -0.1) is 0 Å². The SMILES string of the molecule is Cc1ccc(C(=O)CCC(=O)N2CCc3[nH]ccc3C2)cc1. The summed E-state index contributed by atoms with van der Waals surface area (Å²) in [4.78, 5) is 29.5. The first-order valence-electron chi connectivity index (χ1n) is 7.66. The molecule has 1 aromatic carbocycles. The average Bonchev–Trinajstić information content (AvgIpc) is 3.00. The third-order valence-electron chi connectivity index (χ3n) is 4.21. The highest BCUT2D eigenvalue weighted by Gasteiger charge is 2.21. The number of carbonyl (C=O) groups excluding carboxylic acids is 2. The number of carbonyl (C=O) groups is 2. The Morgan fingerprint density at radius 2 is 1.91 bits per heavy atom. The largest absolute Gasteiger partial charge is 0.365 e. The van der Waals surface area contributed by atoms with E-state index in [2.05, 4.69) is 4.98 Å². The van der Waals surface area contributed by atoms with Gasteiger partial charge in [-0.05, 0) is 18.6 Å². The maximum absolute atomic E-state index is 12.3. The number of ketones is 1. The van der Waals surface area contributed by atoms with Crippen molar-refractivity contribution in [2.75, 3.05) is 6.54 Å². The molecule has 114 valence electrons. The van der Waals surface area contributed by atoms with Crippen LogP contribution in [0.3, 0.4) is 0 Å². The Balaban J connectivity index is 1.54. The van der Waals surface area contributed by atoms with Crippen LogP contribution < -0.4 is 0 Å². The van der Waals surface area contributed by atoms with Crippen LogP contribution >= 0.6 is 0 Å². The number of fused-ring (bicyclic) bond motifs is 1. The quantitative estimate of drug-likeness (QED) is 0.882. The highest BCUT2D eigenvalue weighted by molar-refractivity contribution is 5.98. The molecule has 0 bridgehead atoms. The lowest BCUT2D eigenvalue weighted by atomic mass is 10.0. The Bertz CT molecular complexity index is 685. The molecular formula is C18H20N2O2. The van der Waals surface area contributed by atoms with Crippen molar-refractivity contribution in [2.45, 2.75) is 32.7 Å². The maximum atomic E-state index is 12.3. The van der Waals surface area contributed by atoms with E-state index >= 15 is 0 Å². The minimum Gasteiger partial charge on any atom is -0.365 e. The first kappa shape index (κ1) is 14.6. The Morgan fingerprint density at radius 1 is 1.14 bits per heavy atom. The molecule has 2 heterocycles. The number of benzene rings is 1. The minimum absolute atomic E-state index is 0.0349. The first-order chi connectivity index (χ1) is 10.6. The molecule has 22 heavy (non-hydrogen) atoms. The molecule has 0 saturated heterocycles. The standard InChI is InChI=1S/C18H20N2O2/c1-13-2-4-14(5-3-13)17(21)6-7-18(22)20-11-9-16-15(12-20)8-10-19-16/h2-5,8,10,19H,6-7,9,11-12H2,1H3. The van der Waals surface area contributed by atoms with E-state index in [1.807, 2.05) is 48.4 Å². The van der Waals surface area contributed by atoms with Crippen molar-refractivity contribution >= 4 is 11.7 Å². The lowest BCUT2D eigenvalue weighted by Gasteiger charge is -2.27. The number of aromatic amines is 1. The number of aryl methyl sites for hydroxylation is 1. The van der Waals surface area contributed by atoms with Gasteiger partial charge in [0, 0.05) is 49.8 Å². The summed E-state index contributed by atoms with van der Waals surface area (Å²) in [6.45, 7) is 3.37. The predicted molar refractivity (Wildman–Crippen MR) is 84.7 cm³/mol. The summed E-state index contributed by atoms with van der Waals surface area (Å²) >= 11 is 0. The molecule has 0 unspecified atom stereocenters. The van der Waals surface area contributed by atoms with Crippen molar-refractivity contribution in [1.82, 2.24) is 9.88 Å². The molecule has 4 heteroatoms. The third kappa shape index (κ3) is 3.11. The molecule has 2 aromatic rings. The van der Waals surface area contributed by atoms with Gasteiger partial charge in [0.05, 0.1) is 0 Å². The van der Waals surface area contributed by atoms with Gasteiger partial charge in [0.15, 0.2) is 5.78 Å². The molecule has 0 saturated carbocycles. The fourth-order valence-corrected chi connectivity index (χ4v) is 2.82. The predicted octanol–water partition coefficient (Wildman–Crippen LogP) is 2.87. The Labute approximate surface area is 130 Å². The molecule has 1 amide bonds. The zero-order valence-corrected chi connectivity index (χ0v) is 12.8. The number of rotatable bonds is 4. The van der Waals surface area contributed by atoms with E-state index in [0.717, 1.165) is 18.5 Å². The average molecular weight is 296 g/mol. The van der Waals surface area contributed by atoms with Crippen molar-refractivity contribution in [2.24, 2.45) is 0 Å². The molecule has 4 nitrogen and oxygen atoms in total. The van der Waals surface area contributed by atoms with E-state index in [1.54, 1.807) is 0 Å². The van der Waals surface area contributed by atoms with Crippen LogP contribution in [0.2, 0.25) is 0 Å². The fourth-order valence-electron chi connectivity index (χ4n) is 2.82. The van der Waals surface area contributed by atoms with Gasteiger partial charge in [0.25, 0.3) is 0 Å². The van der Waals surface area contributed by atoms with Crippen LogP contribution in [0.1, 0.15) is 40.0 Å². The Hall–Kier alpha value is -2.36. The fraction of sp³-hybridized carbons (Fsp3) is 0.333. The van der Waals surface area contributed by atoms with E-state index in [9.17, 15) is 9.59 Å². The monoisotopic (exact) mass is 296 g/mol. The lowest BCUT2D eigenvalue weighted by Crippen LogP contribution is -2.35. The molecule has 1 aromatic heterocycles. The number of amides is 1. The van der Waals surface area contributed by atoms with Crippen LogP contribution in [0.5, 0.6) is 0 Å². The number of aromatic nitrogens is 1. The molecule has 0 fully saturated rings. The summed E-state index contributed by atoms with van der Waals surface area (Å²) in [6.07, 6.45) is 3.34. The highest BCUT2D eigenvalue weighted by atomic mass is 16.2. The van der Waals surface area contributed by atoms with E-state index in [1.165, 1.54) is 11.3 Å². The van der Waals surface area contributed by atoms with Gasteiger partial charge in [-0.3, -0.25) is 9.59 Å². The number of Topliss-reactive ketones (excluding diaryl/α,β-unsaturated/α-hetero) is 1. The van der Waals surface area contributed by atoms with Gasteiger partial charge in [0.2, 0.25) is 5.91 Å². The van der Waals surface area contributed by atoms with Crippen molar-refractivity contribution in [3.8, 4) is 0 Å². The molecule has 0 radical (unpaired) electrons. The summed E-state index contributed by atoms with van der Waals surface area (Å²) in [5, 5.41) is 0. The maximum Gasteiger partial charge on any atom is 0.223 e. The molecule has 0 atom stereocenters. The van der Waals surface area contributed by atoms with Crippen molar-refractivity contribution < 1.29 is 9.59 Å². The number of hydrogen-bond donors (Lipinski definition) is 1. The lowest BCUT2D eigenvalue weighted by molar-refractivity contribution is -0.132.